The van der Waals surface area contributed by atoms with Gasteiger partial charge in [-0.3, -0.25) is 19.2 Å². The van der Waals surface area contributed by atoms with E-state index in [0.29, 0.717) is 0 Å². The van der Waals surface area contributed by atoms with Crippen LogP contribution in [0, 0.1) is 17.8 Å². The summed E-state index contributed by atoms with van der Waals surface area (Å²) in [7, 11) is 2.98. The molecule has 4 rings (SSSR count). The van der Waals surface area contributed by atoms with Gasteiger partial charge in [-0.25, -0.2) is 0 Å². The van der Waals surface area contributed by atoms with Crippen molar-refractivity contribution >= 4 is 50.8 Å². The Bertz CT molecular complexity index is 1300. The fraction of sp³-hybridized carbons (Fsp3) is 0.520. The fourth-order valence-electron chi connectivity index (χ4n) is 6.46. The largest absolute Gasteiger partial charge is 0.508 e. The third kappa shape index (κ3) is 3.76. The quantitative estimate of drug-likeness (QED) is 0.193. The molecule has 1 aromatic rings. The minimum absolute atomic E-state index is 0.0137. The summed E-state index contributed by atoms with van der Waals surface area (Å²) >= 11 is 9.40. The predicted octanol–water partition coefficient (Wildman–Crippen LogP) is -0.0227. The molecule has 0 spiro atoms. The predicted molar refractivity (Wildman–Crippen MR) is 137 cm³/mol. The number of primary amides is 1. The van der Waals surface area contributed by atoms with E-state index in [9.17, 15) is 44.7 Å². The molecule has 0 heterocycles. The molecule has 0 aromatic heterocycles. The van der Waals surface area contributed by atoms with Crippen molar-refractivity contribution in [3.63, 3.8) is 0 Å². The van der Waals surface area contributed by atoms with E-state index >= 15 is 0 Å². The number of carbonyl (C=O) groups excluding carboxylic acids is 4. The van der Waals surface area contributed by atoms with Crippen molar-refractivity contribution in [2.45, 2.75) is 43.1 Å². The van der Waals surface area contributed by atoms with E-state index in [2.05, 4.69) is 15.9 Å². The number of ketones is 3. The second kappa shape index (κ2) is 9.68. The zero-order valence-electron chi connectivity index (χ0n) is 20.7. The molecule has 8 atom stereocenters. The van der Waals surface area contributed by atoms with Gasteiger partial charge in [0, 0.05) is 40.5 Å². The fourth-order valence-corrected chi connectivity index (χ4v) is 6.93. The topological polar surface area (TPSA) is 199 Å². The van der Waals surface area contributed by atoms with E-state index in [4.69, 9.17) is 17.3 Å². The highest BCUT2D eigenvalue weighted by Crippen LogP contribution is 2.56. The Morgan fingerprint density at radius 2 is 1.79 bits per heavy atom. The molecule has 0 bridgehead atoms. The van der Waals surface area contributed by atoms with Crippen molar-refractivity contribution in [3.8, 4) is 5.75 Å². The first-order valence-electron chi connectivity index (χ1n) is 11.8. The maximum absolute atomic E-state index is 13.8. The average Bonchev–Trinajstić information content (AvgIpc) is 2.83. The van der Waals surface area contributed by atoms with Crippen molar-refractivity contribution in [2.75, 3.05) is 19.4 Å². The van der Waals surface area contributed by atoms with E-state index in [1.165, 1.54) is 25.1 Å². The number of hydrogen-bond donors (Lipinski definition) is 6. The highest BCUT2D eigenvalue weighted by Gasteiger charge is 2.69. The van der Waals surface area contributed by atoms with Crippen LogP contribution in [-0.4, -0.2) is 97.0 Å². The van der Waals surface area contributed by atoms with Gasteiger partial charge in [0.1, 0.15) is 23.2 Å². The second-order valence-corrected chi connectivity index (χ2v) is 11.3. The number of halogens is 2. The summed E-state index contributed by atoms with van der Waals surface area (Å²) < 4.78 is 0. The summed E-state index contributed by atoms with van der Waals surface area (Å²) in [6, 6.07) is 0.178. The summed E-state index contributed by atoms with van der Waals surface area (Å²) in [6.45, 7) is 1.61. The first-order chi connectivity index (χ1) is 17.6. The molecule has 2 unspecified atom stereocenters. The van der Waals surface area contributed by atoms with Crippen molar-refractivity contribution in [3.05, 3.63) is 39.1 Å². The SMILES string of the molecule is C[C@H]1c2cc(Cl)c(CC(=O)CBr)c(O)c2C(=O)C2=C(O)[C@]3(O)C(=O)C(C(N)=O)C(O)[C@@H](N(C)C)[C@@H]3[C@@H](O)[C@@H]21. The number of likely N-dealkylation sites (N-methyl/N-ethyl adjacent to an activating group) is 1. The lowest BCUT2D eigenvalue weighted by molar-refractivity contribution is -0.194. The average molecular weight is 616 g/mol. The molecule has 13 heteroatoms. The number of aliphatic hydroxyl groups excluding tert-OH is 3. The lowest BCUT2D eigenvalue weighted by Gasteiger charge is -2.56. The zero-order chi connectivity index (χ0) is 28.6. The number of amides is 1. The maximum atomic E-state index is 13.8. The number of fused-ring (bicyclic) bond motifs is 3. The molecule has 0 aliphatic heterocycles. The number of phenols is 1. The number of hydrogen-bond acceptors (Lipinski definition) is 10. The highest BCUT2D eigenvalue weighted by molar-refractivity contribution is 9.09. The van der Waals surface area contributed by atoms with E-state index in [1.54, 1.807) is 6.92 Å². The molecule has 3 aliphatic carbocycles. The molecule has 1 amide bonds. The molecule has 0 saturated heterocycles. The molecule has 1 saturated carbocycles. The van der Waals surface area contributed by atoms with E-state index in [-0.39, 0.29) is 39.2 Å². The standard InChI is InChI=1S/C25H28BrClN2O9/c1-7-9-5-11(27)10(4-8(30)6-26)18(31)13(9)19(32)14-12(7)20(33)16-17(29(2)3)21(34)15(24(28)37)23(36)25(16,38)22(14)35/h5,7,12,15-17,20-21,31,33-35,38H,4,6H2,1-3H3,(H2,28,37)/t7-,12+,15?,16+,17-,20-,21?,25-/m0/s1. The van der Waals surface area contributed by atoms with Crippen molar-refractivity contribution < 1.29 is 44.7 Å². The number of carbonyl (C=O) groups is 4. The maximum Gasteiger partial charge on any atom is 0.230 e. The van der Waals surface area contributed by atoms with Gasteiger partial charge in [0.2, 0.25) is 5.91 Å². The van der Waals surface area contributed by atoms with Crippen molar-refractivity contribution in [1.29, 1.82) is 0 Å². The summed E-state index contributed by atoms with van der Waals surface area (Å²) in [4.78, 5) is 52.8. The van der Waals surface area contributed by atoms with Gasteiger partial charge in [0.05, 0.1) is 23.1 Å². The Balaban J connectivity index is 2.00. The Morgan fingerprint density at radius 1 is 1.18 bits per heavy atom. The normalized spacial score (nSPS) is 34.6. The monoisotopic (exact) mass is 614 g/mol. The van der Waals surface area contributed by atoms with Crippen LogP contribution in [0.4, 0.5) is 0 Å². The van der Waals surface area contributed by atoms with Crippen LogP contribution in [0.2, 0.25) is 5.02 Å². The van der Waals surface area contributed by atoms with Crippen LogP contribution in [0.5, 0.6) is 5.75 Å². The summed E-state index contributed by atoms with van der Waals surface area (Å²) in [5.41, 5.74) is 1.84. The molecule has 11 nitrogen and oxygen atoms in total. The van der Waals surface area contributed by atoms with E-state index < -0.39 is 82.1 Å². The van der Waals surface area contributed by atoms with Gasteiger partial charge >= 0.3 is 0 Å². The van der Waals surface area contributed by atoms with Gasteiger partial charge in [-0.1, -0.05) is 34.5 Å². The van der Waals surface area contributed by atoms with Crippen LogP contribution < -0.4 is 5.73 Å². The molecule has 206 valence electrons. The van der Waals surface area contributed by atoms with Gasteiger partial charge in [0.25, 0.3) is 0 Å². The van der Waals surface area contributed by atoms with Crippen LogP contribution in [-0.2, 0) is 20.8 Å². The first kappa shape index (κ1) is 28.7. The molecule has 0 radical (unpaired) electrons. The minimum atomic E-state index is -2.94. The van der Waals surface area contributed by atoms with E-state index in [1.807, 2.05) is 0 Å². The van der Waals surface area contributed by atoms with Crippen LogP contribution in [0.25, 0.3) is 0 Å². The Kier molecular flexibility index (Phi) is 7.30. The van der Waals surface area contributed by atoms with Crippen LogP contribution >= 0.6 is 27.5 Å². The first-order valence-corrected chi connectivity index (χ1v) is 13.3. The molecule has 7 N–H and O–H groups in total. The number of nitrogens with zero attached hydrogens (tertiary/aromatic N) is 1. The molecule has 1 aromatic carbocycles. The van der Waals surface area contributed by atoms with Gasteiger partial charge < -0.3 is 36.2 Å². The summed E-state index contributed by atoms with van der Waals surface area (Å²) in [5.74, 6) is -11.0. The minimum Gasteiger partial charge on any atom is -0.508 e. The summed E-state index contributed by atoms with van der Waals surface area (Å²) in [5, 5.41) is 56.7. The number of nitrogens with two attached hydrogens (primary N) is 1. The van der Waals surface area contributed by atoms with Gasteiger partial charge in [-0.05, 0) is 31.6 Å². The smallest absolute Gasteiger partial charge is 0.230 e. The number of rotatable bonds is 5. The molecular weight excluding hydrogens is 588 g/mol. The third-order valence-corrected chi connectivity index (χ3v) is 9.16. The van der Waals surface area contributed by atoms with Gasteiger partial charge in [-0.2, -0.15) is 0 Å². The Morgan fingerprint density at radius 3 is 2.32 bits per heavy atom. The Hall–Kier alpha value is -2.35. The number of benzene rings is 1. The lowest BCUT2D eigenvalue weighted by Crippen LogP contribution is -2.74. The third-order valence-electron chi connectivity index (χ3n) is 8.19. The number of aliphatic hydroxyl groups is 4. The van der Waals surface area contributed by atoms with E-state index in [0.717, 1.165) is 0 Å². The Labute approximate surface area is 231 Å². The molecule has 38 heavy (non-hydrogen) atoms. The van der Waals surface area contributed by atoms with Crippen LogP contribution in [0.3, 0.4) is 0 Å². The van der Waals surface area contributed by atoms with Crippen LogP contribution in [0.15, 0.2) is 17.4 Å². The van der Waals surface area contributed by atoms with Crippen LogP contribution in [0.1, 0.15) is 34.3 Å². The van der Waals surface area contributed by atoms with Crippen molar-refractivity contribution in [2.24, 2.45) is 23.5 Å². The number of aromatic hydroxyl groups is 1. The summed E-state index contributed by atoms with van der Waals surface area (Å²) in [6.07, 6.45) is -3.69. The second-order valence-electron chi connectivity index (χ2n) is 10.4. The molecule has 1 fully saturated rings. The molecular formula is C25H28BrClN2O9. The number of Topliss-reactive ketones (excluding diaryl/α,β-unsaturated/α-hetero) is 3. The number of alkyl halides is 1. The molecule has 3 aliphatic rings. The highest BCUT2D eigenvalue weighted by atomic mass is 79.9. The van der Waals surface area contributed by atoms with Gasteiger partial charge in [0.15, 0.2) is 17.2 Å². The van der Waals surface area contributed by atoms with Gasteiger partial charge in [-0.15, -0.1) is 0 Å². The number of phenolic OH excluding ortho intramolecular Hbond substituents is 1. The van der Waals surface area contributed by atoms with Crippen molar-refractivity contribution in [1.82, 2.24) is 4.90 Å². The zero-order valence-corrected chi connectivity index (χ0v) is 23.0. The lowest BCUT2D eigenvalue weighted by atomic mass is 9.53.